The molecule has 1 heterocycles. The van der Waals surface area contributed by atoms with Crippen molar-refractivity contribution in [2.24, 2.45) is 0 Å². The normalized spacial score (nSPS) is 9.50. The summed E-state index contributed by atoms with van der Waals surface area (Å²) in [6, 6.07) is 0. The van der Waals surface area contributed by atoms with Crippen molar-refractivity contribution in [1.29, 1.82) is 0 Å². The number of anilines is 1. The fourth-order valence-electron chi connectivity index (χ4n) is 0.792. The van der Waals surface area contributed by atoms with Crippen LogP contribution in [0.3, 0.4) is 0 Å². The quantitative estimate of drug-likeness (QED) is 0.600. The Kier molecular flexibility index (Phi) is 4.06. The van der Waals surface area contributed by atoms with E-state index in [1.54, 1.807) is 18.5 Å². The molecular weight excluding hydrogens is 204 g/mol. The molecule has 0 aromatic carbocycles. The number of carbonyl (C=O) groups is 2. The van der Waals surface area contributed by atoms with Crippen LogP contribution >= 0.6 is 11.3 Å². The number of hydrogen-bond acceptors (Lipinski definition) is 5. The predicted octanol–water partition coefficient (Wildman–Crippen LogP) is 1.03. The molecular formula is C8H10N2O3S. The lowest BCUT2D eigenvalue weighted by Crippen LogP contribution is -2.17. The van der Waals surface area contributed by atoms with Crippen molar-refractivity contribution < 1.29 is 14.3 Å². The van der Waals surface area contributed by atoms with Crippen LogP contribution in [-0.2, 0) is 14.3 Å². The lowest BCUT2D eigenvalue weighted by molar-refractivity contribution is -0.145. The first-order chi connectivity index (χ1) is 6.72. The summed E-state index contributed by atoms with van der Waals surface area (Å²) in [5, 5.41) is 4.70. The van der Waals surface area contributed by atoms with Crippen LogP contribution in [0.15, 0.2) is 11.6 Å². The van der Waals surface area contributed by atoms with E-state index in [0.717, 1.165) is 0 Å². The highest BCUT2D eigenvalue weighted by molar-refractivity contribution is 7.13. The zero-order valence-corrected chi connectivity index (χ0v) is 8.47. The minimum absolute atomic E-state index is 0.270. The van der Waals surface area contributed by atoms with Crippen molar-refractivity contribution in [2.45, 2.75) is 13.3 Å². The van der Waals surface area contributed by atoms with Crippen LogP contribution in [0.2, 0.25) is 0 Å². The van der Waals surface area contributed by atoms with Gasteiger partial charge in [0.15, 0.2) is 5.13 Å². The summed E-state index contributed by atoms with van der Waals surface area (Å²) in [7, 11) is 0. The minimum Gasteiger partial charge on any atom is -0.466 e. The van der Waals surface area contributed by atoms with Gasteiger partial charge in [-0.05, 0) is 6.92 Å². The molecule has 1 amide bonds. The van der Waals surface area contributed by atoms with Gasteiger partial charge >= 0.3 is 5.97 Å². The smallest absolute Gasteiger partial charge is 0.315 e. The topological polar surface area (TPSA) is 68.3 Å². The zero-order valence-electron chi connectivity index (χ0n) is 7.65. The molecule has 76 valence electrons. The lowest BCUT2D eigenvalue weighted by atomic mass is 10.4. The molecule has 0 bridgehead atoms. The Morgan fingerprint density at radius 1 is 1.64 bits per heavy atom. The number of hydrogen-bond donors (Lipinski definition) is 1. The molecule has 1 N–H and O–H groups in total. The average Bonchev–Trinajstić information content (AvgIpc) is 2.56. The van der Waals surface area contributed by atoms with E-state index in [9.17, 15) is 9.59 Å². The zero-order chi connectivity index (χ0) is 10.4. The Labute approximate surface area is 85.1 Å². The van der Waals surface area contributed by atoms with Crippen molar-refractivity contribution in [2.75, 3.05) is 11.9 Å². The Hall–Kier alpha value is -1.43. The molecule has 1 aromatic heterocycles. The van der Waals surface area contributed by atoms with Crippen molar-refractivity contribution >= 4 is 28.3 Å². The molecule has 0 radical (unpaired) electrons. The third kappa shape index (κ3) is 3.53. The maximum absolute atomic E-state index is 11.2. The van der Waals surface area contributed by atoms with Crippen LogP contribution in [0.1, 0.15) is 13.3 Å². The average molecular weight is 214 g/mol. The predicted molar refractivity (Wildman–Crippen MR) is 52.0 cm³/mol. The number of nitrogens with zero attached hydrogens (tertiary/aromatic N) is 1. The van der Waals surface area contributed by atoms with Crippen molar-refractivity contribution in [3.8, 4) is 0 Å². The van der Waals surface area contributed by atoms with E-state index in [2.05, 4.69) is 15.0 Å². The van der Waals surface area contributed by atoms with Gasteiger partial charge in [-0.15, -0.1) is 11.3 Å². The summed E-state index contributed by atoms with van der Waals surface area (Å²) in [5.74, 6) is -0.931. The monoisotopic (exact) mass is 214 g/mol. The first-order valence-corrected chi connectivity index (χ1v) is 4.95. The molecule has 6 heteroatoms. The highest BCUT2D eigenvalue weighted by Gasteiger charge is 2.10. The second kappa shape index (κ2) is 5.33. The third-order valence-corrected chi connectivity index (χ3v) is 1.98. The molecule has 14 heavy (non-hydrogen) atoms. The summed E-state index contributed by atoms with van der Waals surface area (Å²) in [6.45, 7) is 1.97. The molecule has 0 atom stereocenters. The van der Waals surface area contributed by atoms with Gasteiger partial charge in [0.2, 0.25) is 5.91 Å². The lowest BCUT2D eigenvalue weighted by Gasteiger charge is -2.01. The Bertz CT molecular complexity index is 310. The van der Waals surface area contributed by atoms with Gasteiger partial charge in [0.25, 0.3) is 0 Å². The van der Waals surface area contributed by atoms with Crippen molar-refractivity contribution in [3.05, 3.63) is 11.6 Å². The number of nitrogens with one attached hydrogen (secondary N) is 1. The molecule has 5 nitrogen and oxygen atoms in total. The number of esters is 1. The number of ether oxygens (including phenoxy) is 1. The first kappa shape index (κ1) is 10.6. The number of amides is 1. The van der Waals surface area contributed by atoms with E-state index < -0.39 is 11.9 Å². The first-order valence-electron chi connectivity index (χ1n) is 4.07. The standard InChI is InChI=1S/C8H10N2O3S/c1-2-13-7(12)5-6(11)10-8-9-3-4-14-8/h3-4H,2,5H2,1H3,(H,9,10,11). The molecule has 0 saturated heterocycles. The van der Waals surface area contributed by atoms with Gasteiger partial charge in [0, 0.05) is 11.6 Å². The molecule has 0 aliphatic rings. The summed E-state index contributed by atoms with van der Waals surface area (Å²) < 4.78 is 4.61. The molecule has 0 saturated carbocycles. The maximum atomic E-state index is 11.2. The highest BCUT2D eigenvalue weighted by atomic mass is 32.1. The van der Waals surface area contributed by atoms with E-state index in [1.807, 2.05) is 0 Å². The maximum Gasteiger partial charge on any atom is 0.315 e. The van der Waals surface area contributed by atoms with E-state index in [1.165, 1.54) is 11.3 Å². The molecule has 1 aromatic rings. The van der Waals surface area contributed by atoms with Gasteiger partial charge in [-0.3, -0.25) is 9.59 Å². The SMILES string of the molecule is CCOC(=O)CC(=O)Nc1nccs1. The molecule has 0 unspecified atom stereocenters. The van der Waals surface area contributed by atoms with Crippen LogP contribution in [0, 0.1) is 0 Å². The summed E-state index contributed by atoms with van der Waals surface area (Å²) >= 11 is 1.30. The summed E-state index contributed by atoms with van der Waals surface area (Å²) in [4.78, 5) is 25.9. The van der Waals surface area contributed by atoms with Gasteiger partial charge in [-0.1, -0.05) is 0 Å². The fourth-order valence-corrected chi connectivity index (χ4v) is 1.34. The fraction of sp³-hybridized carbons (Fsp3) is 0.375. The van der Waals surface area contributed by atoms with Gasteiger partial charge in [-0.2, -0.15) is 0 Å². The number of aromatic nitrogens is 1. The van der Waals surface area contributed by atoms with Gasteiger partial charge in [0.05, 0.1) is 6.61 Å². The van der Waals surface area contributed by atoms with Gasteiger partial charge < -0.3 is 10.1 Å². The van der Waals surface area contributed by atoms with E-state index in [4.69, 9.17) is 0 Å². The van der Waals surface area contributed by atoms with Gasteiger partial charge in [-0.25, -0.2) is 4.98 Å². The van der Waals surface area contributed by atoms with Crippen LogP contribution in [0.25, 0.3) is 0 Å². The molecule has 1 rings (SSSR count). The third-order valence-electron chi connectivity index (χ3n) is 1.29. The molecule has 0 fully saturated rings. The van der Waals surface area contributed by atoms with Crippen LogP contribution in [0.5, 0.6) is 0 Å². The summed E-state index contributed by atoms with van der Waals surface area (Å²) in [5.41, 5.74) is 0. The van der Waals surface area contributed by atoms with Crippen LogP contribution < -0.4 is 5.32 Å². The van der Waals surface area contributed by atoms with E-state index in [0.29, 0.717) is 5.13 Å². The van der Waals surface area contributed by atoms with Gasteiger partial charge in [0.1, 0.15) is 6.42 Å². The van der Waals surface area contributed by atoms with E-state index >= 15 is 0 Å². The minimum atomic E-state index is -0.526. The Morgan fingerprint density at radius 2 is 2.43 bits per heavy atom. The van der Waals surface area contributed by atoms with Crippen LogP contribution in [-0.4, -0.2) is 23.5 Å². The number of carbonyl (C=O) groups excluding carboxylic acids is 2. The van der Waals surface area contributed by atoms with Crippen molar-refractivity contribution in [1.82, 2.24) is 4.98 Å². The largest absolute Gasteiger partial charge is 0.466 e. The second-order valence-electron chi connectivity index (χ2n) is 2.37. The van der Waals surface area contributed by atoms with Crippen LogP contribution in [0.4, 0.5) is 5.13 Å². The molecule has 0 aliphatic heterocycles. The molecule has 0 spiro atoms. The highest BCUT2D eigenvalue weighted by Crippen LogP contribution is 2.10. The van der Waals surface area contributed by atoms with E-state index in [-0.39, 0.29) is 13.0 Å². The second-order valence-corrected chi connectivity index (χ2v) is 3.26. The Balaban J connectivity index is 2.33. The van der Waals surface area contributed by atoms with Crippen molar-refractivity contribution in [3.63, 3.8) is 0 Å². The Morgan fingerprint density at radius 3 is 3.00 bits per heavy atom. The summed E-state index contributed by atoms with van der Waals surface area (Å²) in [6.07, 6.45) is 1.30. The number of thiazole rings is 1. The number of rotatable bonds is 4. The molecule has 0 aliphatic carbocycles.